The molecule has 0 aliphatic heterocycles. The molecule has 0 aromatic rings. The SMILES string of the molecule is FC=C(F)F.[H-].[K+]. The second-order valence-corrected chi connectivity index (χ2v) is 0.399. The molecule has 4 heteroatoms. The van der Waals surface area contributed by atoms with Gasteiger partial charge in [0.15, 0.2) is 6.33 Å². The molecule has 0 nitrogen and oxygen atoms in total. The summed E-state index contributed by atoms with van der Waals surface area (Å²) in [4.78, 5) is 0. The molecule has 0 amide bonds. The van der Waals surface area contributed by atoms with Crippen LogP contribution in [0, 0.1) is 0 Å². The van der Waals surface area contributed by atoms with Crippen LogP contribution in [0.4, 0.5) is 13.2 Å². The van der Waals surface area contributed by atoms with Crippen LogP contribution in [0.15, 0.2) is 12.4 Å². The quantitative estimate of drug-likeness (QED) is 0.354. The molecule has 0 aromatic carbocycles. The minimum absolute atomic E-state index is 0. The summed E-state index contributed by atoms with van der Waals surface area (Å²) in [6, 6.07) is 0. The predicted octanol–water partition coefficient (Wildman–Crippen LogP) is -1.19. The Bertz CT molecular complexity index is 50.9. The topological polar surface area (TPSA) is 0 Å². The minimum Gasteiger partial charge on any atom is -1.00 e. The Morgan fingerprint density at radius 2 is 1.67 bits per heavy atom. The van der Waals surface area contributed by atoms with Crippen molar-refractivity contribution in [1.29, 1.82) is 0 Å². The summed E-state index contributed by atoms with van der Waals surface area (Å²) in [5.74, 6) is 0. The number of halogens is 3. The Morgan fingerprint density at radius 1 is 1.50 bits per heavy atom. The van der Waals surface area contributed by atoms with E-state index in [2.05, 4.69) is 0 Å². The molecule has 0 saturated carbocycles. The van der Waals surface area contributed by atoms with Crippen molar-refractivity contribution in [2.75, 3.05) is 0 Å². The molecular formula is C2H2F3K. The van der Waals surface area contributed by atoms with Gasteiger partial charge in [-0.1, -0.05) is 0 Å². The van der Waals surface area contributed by atoms with Crippen molar-refractivity contribution in [3.63, 3.8) is 0 Å². The maximum Gasteiger partial charge on any atom is 1.00 e. The van der Waals surface area contributed by atoms with Gasteiger partial charge in [0.2, 0.25) is 0 Å². The predicted molar refractivity (Wildman–Crippen MR) is 12.5 cm³/mol. The summed E-state index contributed by atoms with van der Waals surface area (Å²) in [5, 5.41) is 0. The monoisotopic (exact) mass is 122 g/mol. The normalized spacial score (nSPS) is 5.83. The van der Waals surface area contributed by atoms with Gasteiger partial charge in [0.1, 0.15) is 0 Å². The van der Waals surface area contributed by atoms with Crippen LogP contribution in [0.25, 0.3) is 0 Å². The van der Waals surface area contributed by atoms with E-state index in [1.54, 1.807) is 0 Å². The van der Waals surface area contributed by atoms with Gasteiger partial charge in [0.25, 0.3) is 6.08 Å². The molecular weight excluding hydrogens is 120 g/mol. The fourth-order valence-electron chi connectivity index (χ4n) is 0. The second-order valence-electron chi connectivity index (χ2n) is 0.399. The summed E-state index contributed by atoms with van der Waals surface area (Å²) in [5.41, 5.74) is 0. The van der Waals surface area contributed by atoms with E-state index in [1.165, 1.54) is 0 Å². The molecule has 0 bridgehead atoms. The first-order valence-electron chi connectivity index (χ1n) is 0.885. The number of hydrogen-bond donors (Lipinski definition) is 0. The molecule has 0 unspecified atom stereocenters. The second kappa shape index (κ2) is 6.17. The van der Waals surface area contributed by atoms with Crippen LogP contribution < -0.4 is 51.4 Å². The van der Waals surface area contributed by atoms with Crippen LogP contribution >= 0.6 is 0 Å². The van der Waals surface area contributed by atoms with Crippen LogP contribution in [0.3, 0.4) is 0 Å². The molecule has 0 saturated heterocycles. The molecule has 32 valence electrons. The largest absolute Gasteiger partial charge is 1.00 e. The third-order valence-electron chi connectivity index (χ3n) is 0.0825. The van der Waals surface area contributed by atoms with Gasteiger partial charge in [0, 0.05) is 0 Å². The smallest absolute Gasteiger partial charge is 1.00 e. The summed E-state index contributed by atoms with van der Waals surface area (Å²) < 4.78 is 30.7. The van der Waals surface area contributed by atoms with Crippen molar-refractivity contribution in [3.05, 3.63) is 12.4 Å². The third-order valence-corrected chi connectivity index (χ3v) is 0.0825. The third kappa shape index (κ3) is 8.94. The van der Waals surface area contributed by atoms with E-state index in [4.69, 9.17) is 0 Å². The first-order chi connectivity index (χ1) is 2.27. The first kappa shape index (κ1) is 10.2. The summed E-state index contributed by atoms with van der Waals surface area (Å²) in [6.45, 7) is 0. The van der Waals surface area contributed by atoms with Gasteiger partial charge in [-0.05, 0) is 0 Å². The van der Waals surface area contributed by atoms with Crippen LogP contribution in [0.5, 0.6) is 0 Å². The van der Waals surface area contributed by atoms with E-state index < -0.39 is 12.4 Å². The van der Waals surface area contributed by atoms with E-state index in [0.29, 0.717) is 0 Å². The molecule has 0 rings (SSSR count). The van der Waals surface area contributed by atoms with Crippen LogP contribution in [0.2, 0.25) is 0 Å². The summed E-state index contributed by atoms with van der Waals surface area (Å²) in [6.07, 6.45) is -3.04. The summed E-state index contributed by atoms with van der Waals surface area (Å²) in [7, 11) is 0. The molecule has 0 fully saturated rings. The zero-order valence-corrected chi connectivity index (χ0v) is 6.33. The van der Waals surface area contributed by atoms with Gasteiger partial charge in [0.05, 0.1) is 0 Å². The van der Waals surface area contributed by atoms with E-state index >= 15 is 0 Å². The van der Waals surface area contributed by atoms with E-state index in [1.807, 2.05) is 0 Å². The van der Waals surface area contributed by atoms with Crippen LogP contribution in [-0.4, -0.2) is 0 Å². The molecule has 0 aliphatic carbocycles. The Morgan fingerprint density at radius 3 is 1.67 bits per heavy atom. The Hall–Kier alpha value is 1.17. The molecule has 0 N–H and O–H groups in total. The van der Waals surface area contributed by atoms with Gasteiger partial charge in [-0.2, -0.15) is 8.78 Å². The molecule has 0 radical (unpaired) electrons. The molecule has 0 aliphatic rings. The van der Waals surface area contributed by atoms with E-state index in [9.17, 15) is 13.2 Å². The van der Waals surface area contributed by atoms with Crippen molar-refractivity contribution in [3.8, 4) is 0 Å². The number of hydrogen-bond acceptors (Lipinski definition) is 0. The molecule has 0 atom stereocenters. The van der Waals surface area contributed by atoms with Crippen molar-refractivity contribution < 1.29 is 66.0 Å². The Balaban J connectivity index is -0.0000000800. The van der Waals surface area contributed by atoms with Crippen molar-refractivity contribution in [2.45, 2.75) is 0 Å². The maximum atomic E-state index is 10.2. The van der Waals surface area contributed by atoms with Crippen LogP contribution in [-0.2, 0) is 0 Å². The zero-order chi connectivity index (χ0) is 4.28. The van der Waals surface area contributed by atoms with Crippen LogP contribution in [0.1, 0.15) is 1.43 Å². The van der Waals surface area contributed by atoms with Gasteiger partial charge < -0.3 is 1.43 Å². The van der Waals surface area contributed by atoms with Gasteiger partial charge in [-0.15, -0.1) is 0 Å². The fraction of sp³-hybridized carbons (Fsp3) is 0. The average Bonchev–Trinajstić information content (AvgIpc) is 1.38. The van der Waals surface area contributed by atoms with Crippen molar-refractivity contribution >= 4 is 0 Å². The fourth-order valence-corrected chi connectivity index (χ4v) is 0. The van der Waals surface area contributed by atoms with Gasteiger partial charge >= 0.3 is 51.4 Å². The van der Waals surface area contributed by atoms with Gasteiger partial charge in [-0.3, -0.25) is 0 Å². The minimum atomic E-state index is -2.29. The molecule has 6 heavy (non-hydrogen) atoms. The molecule has 0 heterocycles. The zero-order valence-electron chi connectivity index (χ0n) is 4.21. The molecule has 0 spiro atoms. The van der Waals surface area contributed by atoms with E-state index in [-0.39, 0.29) is 52.8 Å². The number of rotatable bonds is 0. The van der Waals surface area contributed by atoms with Crippen molar-refractivity contribution in [2.24, 2.45) is 0 Å². The van der Waals surface area contributed by atoms with Gasteiger partial charge in [-0.25, -0.2) is 4.39 Å². The average molecular weight is 122 g/mol. The van der Waals surface area contributed by atoms with Crippen molar-refractivity contribution in [1.82, 2.24) is 0 Å². The standard InChI is InChI=1S/C2HF3.K.H/c3-1-2(4)5;;/h1H;;/q;+1;-1. The Labute approximate surface area is 77.3 Å². The maximum absolute atomic E-state index is 10.2. The first-order valence-corrected chi connectivity index (χ1v) is 0.885. The molecule has 0 aromatic heterocycles. The Kier molecular flexibility index (Phi) is 10.5. The van der Waals surface area contributed by atoms with E-state index in [0.717, 1.165) is 0 Å². The summed E-state index contributed by atoms with van der Waals surface area (Å²) >= 11 is 0.